The Morgan fingerprint density at radius 3 is 1.67 bits per heavy atom. The predicted octanol–water partition coefficient (Wildman–Crippen LogP) is 0.314. The molecule has 3 nitrogen and oxygen atoms in total. The van der Waals surface area contributed by atoms with Crippen LogP contribution < -0.4 is 0 Å². The van der Waals surface area contributed by atoms with Crippen molar-refractivity contribution >= 4 is 10.1 Å². The zero-order valence-corrected chi connectivity index (χ0v) is 6.50. The van der Waals surface area contributed by atoms with E-state index in [2.05, 4.69) is 2.84 Å². The van der Waals surface area contributed by atoms with E-state index in [-0.39, 0.29) is 0 Å². The Bertz CT molecular complexity index is 180. The summed E-state index contributed by atoms with van der Waals surface area (Å²) >= 11 is 0.381. The molecule has 0 radical (unpaired) electrons. The van der Waals surface area contributed by atoms with Gasteiger partial charge in [-0.05, 0) is 0 Å². The second-order valence-corrected chi connectivity index (χ2v) is 3.48. The fraction of sp³-hybridized carbons (Fsp3) is 1.00. The molecule has 0 heterocycles. The minimum absolute atomic E-state index is 0.381. The summed E-state index contributed by atoms with van der Waals surface area (Å²) in [6.45, 7) is 0. The molecule has 0 atom stereocenters. The van der Waals surface area contributed by atoms with Gasteiger partial charge in [0.05, 0.1) is 0 Å². The minimum atomic E-state index is -5.33. The fourth-order valence-corrected chi connectivity index (χ4v) is 0.685. The Hall–Kier alpha value is 0.388. The molecular formula is CF3MoO3S. The van der Waals surface area contributed by atoms with Crippen molar-refractivity contribution in [2.24, 2.45) is 0 Å². The molecule has 0 bridgehead atoms. The number of rotatable bonds is 1. The first kappa shape index (κ1) is 9.39. The van der Waals surface area contributed by atoms with E-state index >= 15 is 0 Å². The van der Waals surface area contributed by atoms with Crippen molar-refractivity contribution < 1.29 is 44.6 Å². The second kappa shape index (κ2) is 2.55. The molecule has 0 unspecified atom stereocenters. The Labute approximate surface area is 60.7 Å². The van der Waals surface area contributed by atoms with E-state index < -0.39 is 15.6 Å². The van der Waals surface area contributed by atoms with Gasteiger partial charge >= 0.3 is 60.2 Å². The van der Waals surface area contributed by atoms with Crippen molar-refractivity contribution in [1.82, 2.24) is 0 Å². The molecule has 0 N–H and O–H groups in total. The van der Waals surface area contributed by atoms with Gasteiger partial charge in [0.15, 0.2) is 0 Å². The van der Waals surface area contributed by atoms with E-state index in [4.69, 9.17) is 0 Å². The van der Waals surface area contributed by atoms with Crippen molar-refractivity contribution in [3.8, 4) is 0 Å². The molecule has 0 aliphatic carbocycles. The molecule has 0 amide bonds. The van der Waals surface area contributed by atoms with E-state index in [0.29, 0.717) is 20.2 Å². The molecule has 9 heavy (non-hydrogen) atoms. The average molecular weight is 245 g/mol. The van der Waals surface area contributed by atoms with Gasteiger partial charge in [-0.1, -0.05) is 0 Å². The summed E-state index contributed by atoms with van der Waals surface area (Å²) in [5.41, 5.74) is -5.30. The van der Waals surface area contributed by atoms with Gasteiger partial charge in [0.1, 0.15) is 0 Å². The molecule has 0 aromatic rings. The van der Waals surface area contributed by atoms with Crippen LogP contribution in [-0.2, 0) is 33.1 Å². The molecule has 55 valence electrons. The van der Waals surface area contributed by atoms with Crippen LogP contribution in [0.25, 0.3) is 0 Å². The topological polar surface area (TPSA) is 43.4 Å². The van der Waals surface area contributed by atoms with E-state index in [0.717, 1.165) is 0 Å². The Morgan fingerprint density at radius 2 is 1.67 bits per heavy atom. The molecule has 0 aromatic heterocycles. The van der Waals surface area contributed by atoms with Crippen LogP contribution in [0.15, 0.2) is 0 Å². The number of alkyl halides is 3. The van der Waals surface area contributed by atoms with Gasteiger partial charge in [-0.15, -0.1) is 0 Å². The Morgan fingerprint density at radius 1 is 1.33 bits per heavy atom. The maximum atomic E-state index is 11.1. The van der Waals surface area contributed by atoms with Gasteiger partial charge in [-0.25, -0.2) is 0 Å². The van der Waals surface area contributed by atoms with Crippen molar-refractivity contribution in [3.05, 3.63) is 0 Å². The molecule has 0 fully saturated rings. The van der Waals surface area contributed by atoms with Crippen LogP contribution in [-0.4, -0.2) is 13.9 Å². The van der Waals surface area contributed by atoms with E-state index in [1.165, 1.54) is 0 Å². The Kier molecular flexibility index (Phi) is 2.66. The molecule has 0 saturated carbocycles. The first-order valence-corrected chi connectivity index (χ1v) is 3.67. The quantitative estimate of drug-likeness (QED) is 0.493. The standard InChI is InChI=1S/CHF3O3S.Mo/c2-1(3,4)8(5,6)7;/h(H,5,6,7);/q;+1/p-1. The molecule has 0 aliphatic heterocycles. The summed E-state index contributed by atoms with van der Waals surface area (Å²) < 4.78 is 55.9. The summed E-state index contributed by atoms with van der Waals surface area (Å²) in [7, 11) is -5.33. The third kappa shape index (κ3) is 2.23. The molecule has 0 saturated heterocycles. The van der Waals surface area contributed by atoms with Crippen LogP contribution in [0.5, 0.6) is 0 Å². The van der Waals surface area contributed by atoms with Gasteiger partial charge < -0.3 is 0 Å². The molecular weight excluding hydrogens is 245 g/mol. The van der Waals surface area contributed by atoms with Crippen LogP contribution in [0.2, 0.25) is 0 Å². The van der Waals surface area contributed by atoms with Crippen LogP contribution in [0.1, 0.15) is 0 Å². The van der Waals surface area contributed by atoms with E-state index in [9.17, 15) is 21.6 Å². The summed E-state index contributed by atoms with van der Waals surface area (Å²) in [6, 6.07) is 0. The number of hydrogen-bond donors (Lipinski definition) is 0. The van der Waals surface area contributed by atoms with Gasteiger partial charge in [0, 0.05) is 0 Å². The van der Waals surface area contributed by atoms with Gasteiger partial charge in [-0.3, -0.25) is 0 Å². The van der Waals surface area contributed by atoms with Crippen molar-refractivity contribution in [2.75, 3.05) is 0 Å². The third-order valence-corrected chi connectivity index (χ3v) is 2.44. The van der Waals surface area contributed by atoms with Gasteiger partial charge in [0.25, 0.3) is 0 Å². The third-order valence-electron chi connectivity index (χ3n) is 0.373. The maximum absolute atomic E-state index is 11.1. The summed E-state index contributed by atoms with van der Waals surface area (Å²) in [5.74, 6) is 0. The van der Waals surface area contributed by atoms with Gasteiger partial charge in [-0.2, -0.15) is 0 Å². The van der Waals surface area contributed by atoms with Crippen molar-refractivity contribution in [3.63, 3.8) is 0 Å². The van der Waals surface area contributed by atoms with Crippen molar-refractivity contribution in [2.45, 2.75) is 5.51 Å². The van der Waals surface area contributed by atoms with Gasteiger partial charge in [0.2, 0.25) is 0 Å². The molecule has 0 aliphatic rings. The summed E-state index contributed by atoms with van der Waals surface area (Å²) in [6.07, 6.45) is 0. The SMILES string of the molecule is O=S(=O)([O][Mo])C(F)(F)F. The predicted molar refractivity (Wildman–Crippen MR) is 16.1 cm³/mol. The average Bonchev–Trinajstić information content (AvgIpc) is 1.64. The zero-order chi connectivity index (χ0) is 7.71. The first-order valence-electron chi connectivity index (χ1n) is 1.44. The summed E-state index contributed by atoms with van der Waals surface area (Å²) in [4.78, 5) is 0. The van der Waals surface area contributed by atoms with Crippen LogP contribution in [0, 0.1) is 0 Å². The van der Waals surface area contributed by atoms with E-state index in [1.807, 2.05) is 0 Å². The monoisotopic (exact) mass is 247 g/mol. The number of halogens is 3. The Balaban J connectivity index is 4.57. The van der Waals surface area contributed by atoms with Crippen LogP contribution in [0.3, 0.4) is 0 Å². The molecule has 8 heteroatoms. The summed E-state index contributed by atoms with van der Waals surface area (Å²) in [5, 5.41) is 0. The normalized spacial score (nSPS) is 13.7. The molecule has 0 aromatic carbocycles. The second-order valence-electron chi connectivity index (χ2n) is 0.968. The van der Waals surface area contributed by atoms with Crippen LogP contribution in [0.4, 0.5) is 13.2 Å². The molecule has 0 rings (SSSR count). The zero-order valence-electron chi connectivity index (χ0n) is 3.68. The number of hydrogen-bond acceptors (Lipinski definition) is 3. The van der Waals surface area contributed by atoms with E-state index in [1.54, 1.807) is 0 Å². The first-order chi connectivity index (χ1) is 3.81. The van der Waals surface area contributed by atoms with Crippen molar-refractivity contribution in [1.29, 1.82) is 0 Å². The van der Waals surface area contributed by atoms with Crippen LogP contribution >= 0.6 is 0 Å². The fourth-order valence-electron chi connectivity index (χ4n) is 0.0386. The molecule has 0 spiro atoms.